The Labute approximate surface area is 189 Å². The summed E-state index contributed by atoms with van der Waals surface area (Å²) in [6, 6.07) is 3.21. The van der Waals surface area contributed by atoms with E-state index in [1.165, 1.54) is 0 Å². The van der Waals surface area contributed by atoms with Crippen molar-refractivity contribution in [2.45, 2.75) is 82.6 Å². The van der Waals surface area contributed by atoms with Gasteiger partial charge in [0, 0.05) is 18.3 Å². The van der Waals surface area contributed by atoms with Crippen LogP contribution in [0.25, 0.3) is 0 Å². The maximum atomic E-state index is 13.1. The number of hydrogen-bond acceptors (Lipinski definition) is 7. The summed E-state index contributed by atoms with van der Waals surface area (Å²) in [5.41, 5.74) is 0.406. The number of amides is 2. The fourth-order valence-electron chi connectivity index (χ4n) is 4.95. The first kappa shape index (κ1) is 22.8. The van der Waals surface area contributed by atoms with Gasteiger partial charge in [0.2, 0.25) is 5.88 Å². The topological polar surface area (TPSA) is 107 Å². The Morgan fingerprint density at radius 1 is 1.25 bits per heavy atom. The zero-order valence-electron chi connectivity index (χ0n) is 19.2. The lowest BCUT2D eigenvalue weighted by Gasteiger charge is -2.35. The number of nitrogens with zero attached hydrogens (tertiary/aromatic N) is 3. The monoisotopic (exact) mass is 446 g/mol. The molecule has 9 heteroatoms. The van der Waals surface area contributed by atoms with E-state index >= 15 is 0 Å². The van der Waals surface area contributed by atoms with Crippen LogP contribution in [0.15, 0.2) is 18.3 Å². The van der Waals surface area contributed by atoms with Crippen molar-refractivity contribution in [2.24, 2.45) is 5.84 Å². The van der Waals surface area contributed by atoms with Crippen LogP contribution in [-0.4, -0.2) is 70.4 Å². The second-order valence-corrected chi connectivity index (χ2v) is 9.89. The Balaban J connectivity index is 1.55. The van der Waals surface area contributed by atoms with Crippen molar-refractivity contribution in [3.63, 3.8) is 0 Å². The Bertz CT molecular complexity index is 834. The maximum Gasteiger partial charge on any atom is 0.424 e. The van der Waals surface area contributed by atoms with Gasteiger partial charge in [-0.3, -0.25) is 4.79 Å². The molecule has 0 radical (unpaired) electrons. The third-order valence-electron chi connectivity index (χ3n) is 6.54. The highest BCUT2D eigenvalue weighted by Crippen LogP contribution is 2.38. The molecule has 5 rings (SSSR count). The summed E-state index contributed by atoms with van der Waals surface area (Å²) in [6.45, 7) is 6.08. The van der Waals surface area contributed by atoms with Crippen molar-refractivity contribution in [1.29, 1.82) is 0 Å². The molecule has 2 fully saturated rings. The van der Waals surface area contributed by atoms with Gasteiger partial charge in [-0.05, 0) is 64.9 Å². The largest absolute Gasteiger partial charge is 0.467 e. The number of rotatable bonds is 1. The Kier molecular flexibility index (Phi) is 6.57. The van der Waals surface area contributed by atoms with Crippen molar-refractivity contribution < 1.29 is 23.8 Å². The van der Waals surface area contributed by atoms with E-state index in [9.17, 15) is 9.59 Å². The number of ether oxygens (including phenoxy) is 3. The fraction of sp³-hybridized carbons (Fsp3) is 0.696. The van der Waals surface area contributed by atoms with E-state index in [0.717, 1.165) is 36.3 Å². The molecule has 4 heterocycles. The Morgan fingerprint density at radius 3 is 2.72 bits per heavy atom. The van der Waals surface area contributed by atoms with Gasteiger partial charge in [-0.1, -0.05) is 6.07 Å². The fourth-order valence-corrected chi connectivity index (χ4v) is 4.95. The van der Waals surface area contributed by atoms with Gasteiger partial charge >= 0.3 is 6.09 Å². The Hall–Kier alpha value is -2.39. The summed E-state index contributed by atoms with van der Waals surface area (Å²) in [7, 11) is 0. The van der Waals surface area contributed by atoms with E-state index in [4.69, 9.17) is 20.1 Å². The zero-order chi connectivity index (χ0) is 22.9. The minimum atomic E-state index is -0.656. The van der Waals surface area contributed by atoms with E-state index in [-0.39, 0.29) is 30.7 Å². The molecule has 1 saturated heterocycles. The average Bonchev–Trinajstić information content (AvgIpc) is 3.18. The van der Waals surface area contributed by atoms with Gasteiger partial charge in [-0.2, -0.15) is 0 Å². The molecular formula is C23H34N4O5. The van der Waals surface area contributed by atoms with Gasteiger partial charge in [0.1, 0.15) is 5.60 Å². The Morgan fingerprint density at radius 2 is 2.00 bits per heavy atom. The number of hydrogen-bond donors (Lipinski definition) is 1. The van der Waals surface area contributed by atoms with Gasteiger partial charge in [-0.25, -0.2) is 20.6 Å². The molecule has 32 heavy (non-hydrogen) atoms. The number of aromatic nitrogens is 1. The van der Waals surface area contributed by atoms with Crippen molar-refractivity contribution >= 4 is 12.0 Å². The molecule has 1 aliphatic carbocycles. The van der Waals surface area contributed by atoms with Gasteiger partial charge in [0.05, 0.1) is 24.8 Å². The van der Waals surface area contributed by atoms with Gasteiger partial charge in [0.25, 0.3) is 5.91 Å². The highest BCUT2D eigenvalue weighted by atomic mass is 16.6. The van der Waals surface area contributed by atoms with Crippen LogP contribution in [0.1, 0.15) is 64.4 Å². The summed E-state index contributed by atoms with van der Waals surface area (Å²) >= 11 is 0. The van der Waals surface area contributed by atoms with Crippen LogP contribution in [0.3, 0.4) is 0 Å². The molecule has 3 aliphatic heterocycles. The third kappa shape index (κ3) is 4.99. The van der Waals surface area contributed by atoms with Crippen LogP contribution in [-0.2, 0) is 14.3 Å². The number of fused-ring (bicyclic) bond motifs is 5. The zero-order valence-corrected chi connectivity index (χ0v) is 19.2. The summed E-state index contributed by atoms with van der Waals surface area (Å²) in [5, 5.41) is 1.12. The molecule has 0 aromatic carbocycles. The molecule has 1 saturated carbocycles. The first-order valence-corrected chi connectivity index (χ1v) is 11.5. The molecule has 0 spiro atoms. The van der Waals surface area contributed by atoms with Crippen LogP contribution in [0, 0.1) is 0 Å². The second-order valence-electron chi connectivity index (χ2n) is 9.89. The molecular weight excluding hydrogens is 412 g/mol. The van der Waals surface area contributed by atoms with Crippen molar-refractivity contribution in [1.82, 2.24) is 14.9 Å². The van der Waals surface area contributed by atoms with Crippen LogP contribution < -0.4 is 10.6 Å². The van der Waals surface area contributed by atoms with Crippen molar-refractivity contribution in [2.75, 3.05) is 19.8 Å². The average molecular weight is 447 g/mol. The summed E-state index contributed by atoms with van der Waals surface area (Å²) in [6.07, 6.45) is 5.60. The van der Waals surface area contributed by atoms with E-state index < -0.39 is 11.7 Å². The number of carbonyl (C=O) groups excluding carboxylic acids is 2. The predicted octanol–water partition coefficient (Wildman–Crippen LogP) is 2.60. The van der Waals surface area contributed by atoms with E-state index in [2.05, 4.69) is 4.98 Å². The van der Waals surface area contributed by atoms with Crippen LogP contribution in [0.2, 0.25) is 0 Å². The summed E-state index contributed by atoms with van der Waals surface area (Å²) in [5.74, 6) is 6.91. The molecule has 1 aromatic rings. The van der Waals surface area contributed by atoms with Gasteiger partial charge < -0.3 is 19.1 Å². The molecule has 0 unspecified atom stereocenters. The SMILES string of the molecule is CC(C)(C)OC(=O)N(N)[C@H]1CCN2C(=O)COc3ncccc3[C@H]3CC[C@H](CC3)OC[C@@H]12. The highest BCUT2D eigenvalue weighted by Gasteiger charge is 2.43. The summed E-state index contributed by atoms with van der Waals surface area (Å²) < 4.78 is 17.6. The smallest absolute Gasteiger partial charge is 0.424 e. The minimum absolute atomic E-state index is 0.111. The van der Waals surface area contributed by atoms with E-state index in [1.807, 2.05) is 12.1 Å². The second kappa shape index (κ2) is 9.23. The number of nitrogens with two attached hydrogens (primary N) is 1. The maximum absolute atomic E-state index is 13.1. The molecule has 2 amide bonds. The highest BCUT2D eigenvalue weighted by molar-refractivity contribution is 5.79. The number of pyridine rings is 1. The molecule has 2 bridgehead atoms. The lowest BCUT2D eigenvalue weighted by Crippen LogP contribution is -2.55. The number of carbonyl (C=O) groups is 2. The van der Waals surface area contributed by atoms with E-state index in [1.54, 1.807) is 31.9 Å². The predicted molar refractivity (Wildman–Crippen MR) is 117 cm³/mol. The molecule has 2 N–H and O–H groups in total. The van der Waals surface area contributed by atoms with E-state index in [0.29, 0.717) is 31.4 Å². The minimum Gasteiger partial charge on any atom is -0.467 e. The lowest BCUT2D eigenvalue weighted by molar-refractivity contribution is -0.136. The molecule has 9 nitrogen and oxygen atoms in total. The van der Waals surface area contributed by atoms with Crippen LogP contribution in [0.4, 0.5) is 4.79 Å². The molecule has 4 aliphatic rings. The first-order chi connectivity index (χ1) is 15.2. The van der Waals surface area contributed by atoms with Crippen LogP contribution in [0.5, 0.6) is 5.88 Å². The summed E-state index contributed by atoms with van der Waals surface area (Å²) in [4.78, 5) is 31.8. The van der Waals surface area contributed by atoms with Gasteiger partial charge in [0.15, 0.2) is 6.61 Å². The molecule has 176 valence electrons. The quantitative estimate of drug-likeness (QED) is 0.401. The number of hydrazine groups is 1. The van der Waals surface area contributed by atoms with Crippen LogP contribution >= 0.6 is 0 Å². The van der Waals surface area contributed by atoms with Gasteiger partial charge in [-0.15, -0.1) is 0 Å². The molecule has 2 atom stereocenters. The van der Waals surface area contributed by atoms with Crippen molar-refractivity contribution in [3.8, 4) is 5.88 Å². The standard InChI is InChI=1S/C23H34N4O5/c1-23(2,3)32-22(29)27(24)18-10-12-26-19(18)13-30-16-8-6-15(7-9-16)17-5-4-11-25-21(17)31-14-20(26)28/h4-5,11,15-16,18-19H,6-10,12-14,24H2,1-3H3/t15-,16+,18-,19-/m0/s1. The molecule has 1 aromatic heterocycles. The first-order valence-electron chi connectivity index (χ1n) is 11.5. The van der Waals surface area contributed by atoms with Crippen molar-refractivity contribution in [3.05, 3.63) is 23.9 Å². The lowest BCUT2D eigenvalue weighted by atomic mass is 9.83. The normalized spacial score (nSPS) is 28.5. The third-order valence-corrected chi connectivity index (χ3v) is 6.54.